The van der Waals surface area contributed by atoms with Crippen molar-refractivity contribution in [1.82, 2.24) is 10.3 Å². The van der Waals surface area contributed by atoms with Gasteiger partial charge in [-0.15, -0.1) is 0 Å². The molecule has 0 fully saturated rings. The molecular weight excluding hydrogens is 314 g/mol. The van der Waals surface area contributed by atoms with Crippen molar-refractivity contribution in [3.8, 4) is 0 Å². The third-order valence-electron chi connectivity index (χ3n) is 2.76. The van der Waals surface area contributed by atoms with E-state index < -0.39 is 17.7 Å². The molecule has 1 aromatic carbocycles. The van der Waals surface area contributed by atoms with Gasteiger partial charge in [0.2, 0.25) is 0 Å². The lowest BCUT2D eigenvalue weighted by Crippen LogP contribution is -2.24. The summed E-state index contributed by atoms with van der Waals surface area (Å²) in [5, 5.41) is 3.08. The van der Waals surface area contributed by atoms with Crippen LogP contribution in [0.2, 0.25) is 0 Å². The molecule has 1 heterocycles. The maximum atomic E-state index is 13.9. The molecule has 100 valence electrons. The fraction of sp³-hybridized carbons (Fsp3) is 0.214. The third-order valence-corrected chi connectivity index (χ3v) is 3.19. The number of aromatic nitrogens is 1. The highest BCUT2D eigenvalue weighted by Crippen LogP contribution is 2.27. The van der Waals surface area contributed by atoms with Crippen molar-refractivity contribution in [3.05, 3.63) is 63.9 Å². The van der Waals surface area contributed by atoms with Gasteiger partial charge in [-0.3, -0.25) is 4.98 Å². The van der Waals surface area contributed by atoms with E-state index in [0.29, 0.717) is 12.1 Å². The number of pyridine rings is 1. The minimum atomic E-state index is -0.564. The van der Waals surface area contributed by atoms with Gasteiger partial charge in [-0.1, -0.05) is 13.0 Å². The average Bonchev–Trinajstić information content (AvgIpc) is 2.37. The molecule has 0 spiro atoms. The Morgan fingerprint density at radius 2 is 1.95 bits per heavy atom. The summed E-state index contributed by atoms with van der Waals surface area (Å²) in [7, 11) is 0. The fourth-order valence-electron chi connectivity index (χ4n) is 1.96. The van der Waals surface area contributed by atoms with Crippen molar-refractivity contribution in [2.75, 3.05) is 6.54 Å². The molecule has 19 heavy (non-hydrogen) atoms. The number of nitrogens with zero attached hydrogens (tertiary/aromatic N) is 1. The molecule has 0 saturated carbocycles. The highest BCUT2D eigenvalue weighted by molar-refractivity contribution is 9.10. The van der Waals surface area contributed by atoms with E-state index in [1.807, 2.05) is 6.92 Å². The van der Waals surface area contributed by atoms with E-state index in [2.05, 4.69) is 26.2 Å². The highest BCUT2D eigenvalue weighted by atomic mass is 79.9. The van der Waals surface area contributed by atoms with Crippen LogP contribution in [0.15, 0.2) is 41.1 Å². The fourth-order valence-corrected chi connectivity index (χ4v) is 2.35. The summed E-state index contributed by atoms with van der Waals surface area (Å²) in [6, 6.07) is 5.11. The van der Waals surface area contributed by atoms with Gasteiger partial charge in [0.15, 0.2) is 0 Å². The predicted molar refractivity (Wildman–Crippen MR) is 73.8 cm³/mol. The van der Waals surface area contributed by atoms with Gasteiger partial charge in [0.1, 0.15) is 11.6 Å². The Morgan fingerprint density at radius 3 is 2.53 bits per heavy atom. The van der Waals surface area contributed by atoms with E-state index in [1.165, 1.54) is 18.2 Å². The summed E-state index contributed by atoms with van der Waals surface area (Å²) in [5.41, 5.74) is 0.726. The van der Waals surface area contributed by atoms with Gasteiger partial charge in [0.25, 0.3) is 0 Å². The summed E-state index contributed by atoms with van der Waals surface area (Å²) in [5.74, 6) is -1.13. The molecule has 0 radical (unpaired) electrons. The summed E-state index contributed by atoms with van der Waals surface area (Å²) in [4.78, 5) is 4.04. The first-order valence-electron chi connectivity index (χ1n) is 5.91. The lowest BCUT2D eigenvalue weighted by atomic mass is 9.99. The monoisotopic (exact) mass is 326 g/mol. The molecule has 1 N–H and O–H groups in total. The van der Waals surface area contributed by atoms with Crippen LogP contribution >= 0.6 is 15.9 Å². The Hall–Kier alpha value is -1.33. The summed E-state index contributed by atoms with van der Waals surface area (Å²) in [6.45, 7) is 2.47. The smallest absolute Gasteiger partial charge is 0.131 e. The van der Waals surface area contributed by atoms with Gasteiger partial charge in [-0.2, -0.15) is 0 Å². The molecular formula is C14H13BrF2N2. The van der Waals surface area contributed by atoms with Crippen LogP contribution < -0.4 is 5.32 Å². The largest absolute Gasteiger partial charge is 0.306 e. The number of nitrogens with one attached hydrogen (secondary N) is 1. The van der Waals surface area contributed by atoms with Gasteiger partial charge < -0.3 is 5.32 Å². The predicted octanol–water partition coefficient (Wildman–Crippen LogP) is 3.82. The molecule has 0 bridgehead atoms. The number of halogens is 3. The van der Waals surface area contributed by atoms with Crippen molar-refractivity contribution in [2.45, 2.75) is 13.0 Å². The number of hydrogen-bond donors (Lipinski definition) is 1. The number of benzene rings is 1. The Balaban J connectivity index is 2.51. The molecule has 0 amide bonds. The normalized spacial score (nSPS) is 12.4. The second-order valence-corrected chi connectivity index (χ2v) is 4.98. The minimum Gasteiger partial charge on any atom is -0.306 e. The molecule has 1 unspecified atom stereocenters. The van der Waals surface area contributed by atoms with Crippen LogP contribution in [-0.2, 0) is 0 Å². The van der Waals surface area contributed by atoms with Crippen molar-refractivity contribution in [3.63, 3.8) is 0 Å². The zero-order valence-corrected chi connectivity index (χ0v) is 11.9. The molecule has 0 aliphatic carbocycles. The van der Waals surface area contributed by atoms with Gasteiger partial charge >= 0.3 is 0 Å². The Labute approximate surface area is 119 Å². The van der Waals surface area contributed by atoms with Crippen LogP contribution in [0.5, 0.6) is 0 Å². The summed E-state index contributed by atoms with van der Waals surface area (Å²) < 4.78 is 28.6. The maximum absolute atomic E-state index is 13.9. The van der Waals surface area contributed by atoms with Crippen molar-refractivity contribution in [2.24, 2.45) is 0 Å². The number of rotatable bonds is 4. The van der Waals surface area contributed by atoms with Crippen LogP contribution in [0.25, 0.3) is 0 Å². The van der Waals surface area contributed by atoms with E-state index in [0.717, 1.165) is 4.47 Å². The summed E-state index contributed by atoms with van der Waals surface area (Å²) >= 11 is 3.31. The van der Waals surface area contributed by atoms with Crippen LogP contribution in [0.1, 0.15) is 24.1 Å². The molecule has 1 aromatic heterocycles. The van der Waals surface area contributed by atoms with Gasteiger partial charge in [-0.25, -0.2) is 8.78 Å². The SMILES string of the molecule is CCNC(c1cncc(Br)c1)c1c(F)cccc1F. The van der Waals surface area contributed by atoms with Crippen LogP contribution in [-0.4, -0.2) is 11.5 Å². The highest BCUT2D eigenvalue weighted by Gasteiger charge is 2.21. The molecule has 2 nitrogen and oxygen atoms in total. The van der Waals surface area contributed by atoms with Crippen LogP contribution in [0, 0.1) is 11.6 Å². The lowest BCUT2D eigenvalue weighted by molar-refractivity contribution is 0.509. The van der Waals surface area contributed by atoms with Gasteiger partial charge in [0, 0.05) is 22.4 Å². The topological polar surface area (TPSA) is 24.9 Å². The third kappa shape index (κ3) is 3.16. The zero-order chi connectivity index (χ0) is 13.8. The van der Waals surface area contributed by atoms with Crippen molar-refractivity contribution in [1.29, 1.82) is 0 Å². The Kier molecular flexibility index (Phi) is 4.61. The molecule has 2 aromatic rings. The standard InChI is InChI=1S/C14H13BrF2N2/c1-2-19-14(9-6-10(15)8-18-7-9)13-11(16)4-3-5-12(13)17/h3-8,14,19H,2H2,1H3. The molecule has 5 heteroatoms. The first-order valence-corrected chi connectivity index (χ1v) is 6.70. The minimum absolute atomic E-state index is 0.0178. The molecule has 0 saturated heterocycles. The molecule has 0 aliphatic heterocycles. The number of hydrogen-bond acceptors (Lipinski definition) is 2. The van der Waals surface area contributed by atoms with E-state index in [1.54, 1.807) is 18.5 Å². The van der Waals surface area contributed by atoms with Crippen molar-refractivity contribution < 1.29 is 8.78 Å². The molecule has 0 aliphatic rings. The maximum Gasteiger partial charge on any atom is 0.131 e. The van der Waals surface area contributed by atoms with E-state index >= 15 is 0 Å². The van der Waals surface area contributed by atoms with Crippen molar-refractivity contribution >= 4 is 15.9 Å². The second-order valence-electron chi connectivity index (χ2n) is 4.06. The zero-order valence-electron chi connectivity index (χ0n) is 10.3. The average molecular weight is 327 g/mol. The van der Waals surface area contributed by atoms with Gasteiger partial charge in [-0.05, 0) is 46.2 Å². The molecule has 2 rings (SSSR count). The first kappa shape index (κ1) is 14.1. The summed E-state index contributed by atoms with van der Waals surface area (Å²) in [6.07, 6.45) is 3.23. The van der Waals surface area contributed by atoms with E-state index in [4.69, 9.17) is 0 Å². The van der Waals surface area contributed by atoms with Crippen LogP contribution in [0.4, 0.5) is 8.78 Å². The lowest BCUT2D eigenvalue weighted by Gasteiger charge is -2.20. The Morgan fingerprint density at radius 1 is 1.26 bits per heavy atom. The Bertz CT molecular complexity index is 555. The van der Waals surface area contributed by atoms with E-state index in [9.17, 15) is 8.78 Å². The quantitative estimate of drug-likeness (QED) is 0.923. The second kappa shape index (κ2) is 6.21. The molecule has 1 atom stereocenters. The van der Waals surface area contributed by atoms with Crippen LogP contribution in [0.3, 0.4) is 0 Å². The first-order chi connectivity index (χ1) is 9.13. The van der Waals surface area contributed by atoms with Gasteiger partial charge in [0.05, 0.1) is 6.04 Å². The van der Waals surface area contributed by atoms with E-state index in [-0.39, 0.29) is 5.56 Å².